The van der Waals surface area contributed by atoms with Crippen LogP contribution >= 0.6 is 34.8 Å². The van der Waals surface area contributed by atoms with Crippen LogP contribution in [0.1, 0.15) is 116 Å². The molecule has 0 radical (unpaired) electrons. The van der Waals surface area contributed by atoms with E-state index in [1.165, 1.54) is 20.7 Å². The first-order chi connectivity index (χ1) is 36.0. The molecule has 0 saturated heterocycles. The van der Waals surface area contributed by atoms with Crippen LogP contribution in [0, 0.1) is 16.2 Å². The SMILES string of the molecule is C=CCC(C)(C)CO.C=CCC(C)(C)COC(=O)Cl.C=CCC(C)(C)COC(=O)OCCO[Si](c1ccccc1)(c1ccccc1)C(C)(C)C.CC.CC(C)(C)[Si](OCCO)(c1ccccc1)c1ccccc1.O=C(Cl)Cl. The number of ether oxygens (including phenoxy) is 3. The molecule has 0 heterocycles. The Balaban J connectivity index is 0. The summed E-state index contributed by atoms with van der Waals surface area (Å²) in [5.74, 6) is 0. The summed E-state index contributed by atoms with van der Waals surface area (Å²) in [4.78, 5) is 31.2. The zero-order chi connectivity index (χ0) is 59.4. The van der Waals surface area contributed by atoms with Crippen LogP contribution in [0.3, 0.4) is 0 Å². The van der Waals surface area contributed by atoms with Crippen molar-refractivity contribution in [3.63, 3.8) is 0 Å². The lowest BCUT2D eigenvalue weighted by atomic mass is 9.91. The number of allylic oxidation sites excluding steroid dienone is 3. The van der Waals surface area contributed by atoms with Gasteiger partial charge in [0.2, 0.25) is 0 Å². The number of benzene rings is 4. The number of aliphatic hydroxyl groups is 2. The van der Waals surface area contributed by atoms with Gasteiger partial charge in [-0.25, -0.2) is 9.59 Å². The van der Waals surface area contributed by atoms with E-state index in [2.05, 4.69) is 162 Å². The maximum atomic E-state index is 12.0. The van der Waals surface area contributed by atoms with E-state index in [0.717, 1.165) is 19.3 Å². The highest BCUT2D eigenvalue weighted by Crippen LogP contribution is 2.38. The molecule has 0 spiro atoms. The van der Waals surface area contributed by atoms with Crippen molar-refractivity contribution in [1.29, 1.82) is 0 Å². The highest BCUT2D eigenvalue weighted by Gasteiger charge is 2.51. The number of rotatable bonds is 22. The summed E-state index contributed by atoms with van der Waals surface area (Å²) in [7, 11) is -5.05. The van der Waals surface area contributed by atoms with Crippen molar-refractivity contribution >= 4 is 88.5 Å². The molecule has 77 heavy (non-hydrogen) atoms. The molecule has 0 aliphatic rings. The molecular formula is C62H93Cl3O10Si2. The van der Waals surface area contributed by atoms with Crippen molar-refractivity contribution < 1.29 is 47.7 Å². The van der Waals surface area contributed by atoms with Crippen molar-refractivity contribution in [3.8, 4) is 0 Å². The molecule has 2 N–H and O–H groups in total. The minimum Gasteiger partial charge on any atom is -0.453 e. The molecule has 0 bridgehead atoms. The second-order valence-electron chi connectivity index (χ2n) is 22.0. The third kappa shape index (κ3) is 28.9. The third-order valence-electron chi connectivity index (χ3n) is 11.5. The molecule has 15 heteroatoms. The summed E-state index contributed by atoms with van der Waals surface area (Å²) in [5, 5.41) is 22.7. The van der Waals surface area contributed by atoms with Crippen LogP contribution < -0.4 is 20.7 Å². The molecule has 0 unspecified atom stereocenters. The molecule has 0 atom stereocenters. The molecule has 0 saturated carbocycles. The standard InChI is InChI=1S/C26H36O4Si.C18H24O2Si.C8H13ClO2.C7H14O.C2H6.CCl2O/c1-7-18-26(5,6)21-29-24(27)28-19-20-30-31(25(2,3)4,22-14-10-8-11-15-22)23-16-12-9-13-17-23;1-18(2,3)21(20-15-14-19,16-10-6-4-7-11-16)17-12-8-5-9-13-17;1-4-5-8(2,3)6-11-7(9)10;1-4-5-7(2,3)6-8;1-2;2-1(3)4/h7-17H,1,18-21H2,2-6H3;4-13,19H,14-15H2,1-3H3;4H,1,5-6H2,2-3H3;4,8H,1,5-6H2,2-3H3;1-2H3;. The molecule has 0 amide bonds. The largest absolute Gasteiger partial charge is 0.508 e. The first kappa shape index (κ1) is 74.7. The molecule has 4 aromatic carbocycles. The lowest BCUT2D eigenvalue weighted by Crippen LogP contribution is -2.66. The van der Waals surface area contributed by atoms with Gasteiger partial charge in [-0.1, -0.05) is 236 Å². The van der Waals surface area contributed by atoms with Crippen LogP contribution in [0.2, 0.25) is 10.1 Å². The van der Waals surface area contributed by atoms with Crippen molar-refractivity contribution in [1.82, 2.24) is 0 Å². The van der Waals surface area contributed by atoms with Gasteiger partial charge in [0.15, 0.2) is 0 Å². The molecule has 0 aliphatic heterocycles. The van der Waals surface area contributed by atoms with E-state index in [1.54, 1.807) is 6.08 Å². The number of hydrogen-bond acceptors (Lipinski definition) is 10. The Bertz CT molecular complexity index is 2150. The summed E-state index contributed by atoms with van der Waals surface area (Å²) in [6.07, 6.45) is 7.23. The van der Waals surface area contributed by atoms with Gasteiger partial charge >= 0.3 is 16.3 Å². The lowest BCUT2D eigenvalue weighted by molar-refractivity contribution is 0.0231. The molecule has 0 fully saturated rings. The Morgan fingerprint density at radius 3 is 1.00 bits per heavy atom. The van der Waals surface area contributed by atoms with E-state index in [4.69, 9.17) is 39.8 Å². The topological polar surface area (TPSA) is 138 Å². The Labute approximate surface area is 481 Å². The van der Waals surface area contributed by atoms with Crippen molar-refractivity contribution in [3.05, 3.63) is 159 Å². The van der Waals surface area contributed by atoms with E-state index in [0.29, 0.717) is 19.8 Å². The second kappa shape index (κ2) is 38.3. The van der Waals surface area contributed by atoms with Crippen molar-refractivity contribution in [2.75, 3.05) is 46.2 Å². The number of halogens is 3. The molecule has 0 aliphatic carbocycles. The monoisotopic (exact) mass is 1160 g/mol. The fourth-order valence-electron chi connectivity index (χ4n) is 7.94. The van der Waals surface area contributed by atoms with Gasteiger partial charge in [-0.3, -0.25) is 4.79 Å². The Hall–Kier alpha value is -4.35. The van der Waals surface area contributed by atoms with Gasteiger partial charge in [0.1, 0.15) is 13.2 Å². The molecule has 0 aromatic heterocycles. The quantitative estimate of drug-likeness (QED) is 0.0257. The molecular weight excluding hydrogens is 1070 g/mol. The lowest BCUT2D eigenvalue weighted by Gasteiger charge is -2.43. The summed E-state index contributed by atoms with van der Waals surface area (Å²) in [6, 6.07) is 41.7. The average molecular weight is 1160 g/mol. The van der Waals surface area contributed by atoms with Crippen molar-refractivity contribution in [2.45, 2.75) is 126 Å². The zero-order valence-electron chi connectivity index (χ0n) is 48.8. The number of hydrogen-bond donors (Lipinski definition) is 2. The van der Waals surface area contributed by atoms with E-state index in [1.807, 2.05) is 116 Å². The van der Waals surface area contributed by atoms with Crippen LogP contribution in [-0.2, 0) is 23.1 Å². The maximum Gasteiger partial charge on any atom is 0.508 e. The number of carbonyl (C=O) groups excluding carboxylic acids is 3. The molecule has 4 rings (SSSR count). The summed E-state index contributed by atoms with van der Waals surface area (Å²) < 4.78 is 27.4. The normalized spacial score (nSPS) is 11.5. The second-order valence-corrected chi connectivity index (χ2v) is 31.8. The number of aliphatic hydroxyl groups excluding tert-OH is 2. The minimum atomic E-state index is -2.62. The van der Waals surface area contributed by atoms with Crippen LogP contribution in [0.4, 0.5) is 14.4 Å². The van der Waals surface area contributed by atoms with Gasteiger partial charge in [-0.2, -0.15) is 0 Å². The molecule has 430 valence electrons. The van der Waals surface area contributed by atoms with E-state index >= 15 is 0 Å². The third-order valence-corrected chi connectivity index (χ3v) is 21.7. The summed E-state index contributed by atoms with van der Waals surface area (Å²) in [5.41, 5.74) is -0.942. The van der Waals surface area contributed by atoms with E-state index < -0.39 is 32.9 Å². The number of carbonyl (C=O) groups is 3. The van der Waals surface area contributed by atoms with Gasteiger partial charge in [-0.15, -0.1) is 19.7 Å². The maximum absolute atomic E-state index is 12.0. The summed E-state index contributed by atoms with van der Waals surface area (Å²) in [6.45, 7) is 42.0. The Kier molecular flexibility index (Phi) is 37.2. The zero-order valence-corrected chi connectivity index (χ0v) is 53.0. The van der Waals surface area contributed by atoms with Crippen LogP contribution in [0.15, 0.2) is 159 Å². The van der Waals surface area contributed by atoms with Gasteiger partial charge in [0.25, 0.3) is 16.6 Å². The van der Waals surface area contributed by atoms with Crippen molar-refractivity contribution in [2.24, 2.45) is 16.2 Å². The average Bonchev–Trinajstić information content (AvgIpc) is 3.37. The van der Waals surface area contributed by atoms with Gasteiger partial charge in [-0.05, 0) is 78.7 Å². The molecule has 4 aromatic rings. The predicted octanol–water partition coefficient (Wildman–Crippen LogP) is 15.0. The van der Waals surface area contributed by atoms with Gasteiger partial charge < -0.3 is 33.3 Å². The van der Waals surface area contributed by atoms with Gasteiger partial charge in [0, 0.05) is 29.0 Å². The first-order valence-electron chi connectivity index (χ1n) is 26.0. The van der Waals surface area contributed by atoms with Crippen LogP contribution in [0.5, 0.6) is 0 Å². The highest BCUT2D eigenvalue weighted by atomic mass is 35.5. The Morgan fingerprint density at radius 2 is 0.753 bits per heavy atom. The fourth-order valence-corrected chi connectivity index (χ4v) is 17.1. The van der Waals surface area contributed by atoms with E-state index in [9.17, 15) is 14.7 Å². The van der Waals surface area contributed by atoms with Crippen LogP contribution in [0.25, 0.3) is 0 Å². The Morgan fingerprint density at radius 1 is 0.468 bits per heavy atom. The fraction of sp³-hybridized carbons (Fsp3) is 0.468. The minimum absolute atomic E-state index is 0.0229. The smallest absolute Gasteiger partial charge is 0.453 e. The highest BCUT2D eigenvalue weighted by molar-refractivity contribution is 7.00. The predicted molar refractivity (Wildman–Crippen MR) is 330 cm³/mol. The van der Waals surface area contributed by atoms with E-state index in [-0.39, 0.29) is 52.7 Å². The van der Waals surface area contributed by atoms with Gasteiger partial charge in [0.05, 0.1) is 26.4 Å². The first-order valence-corrected chi connectivity index (χ1v) is 30.9. The summed E-state index contributed by atoms with van der Waals surface area (Å²) >= 11 is 13.8. The van der Waals surface area contributed by atoms with Crippen LogP contribution in [-0.4, -0.2) is 89.4 Å². The molecule has 10 nitrogen and oxygen atoms in total.